The number of benzene rings is 1. The topological polar surface area (TPSA) is 106 Å². The van der Waals surface area contributed by atoms with Gasteiger partial charge in [0.25, 0.3) is 11.5 Å². The van der Waals surface area contributed by atoms with Gasteiger partial charge in [-0.05, 0) is 72.5 Å². The average molecular weight is 646 g/mol. The van der Waals surface area contributed by atoms with Gasteiger partial charge >= 0.3 is 5.69 Å². The fourth-order valence-corrected chi connectivity index (χ4v) is 5.84. The van der Waals surface area contributed by atoms with Gasteiger partial charge in [0.1, 0.15) is 12.0 Å². The van der Waals surface area contributed by atoms with Crippen LogP contribution in [0.5, 0.6) is 0 Å². The lowest BCUT2D eigenvalue weighted by atomic mass is 9.90. The molecule has 3 aromatic rings. The van der Waals surface area contributed by atoms with E-state index in [-0.39, 0.29) is 35.3 Å². The van der Waals surface area contributed by atoms with Gasteiger partial charge in [-0.1, -0.05) is 10.5 Å². The van der Waals surface area contributed by atoms with Gasteiger partial charge in [-0.2, -0.15) is 10.1 Å². The van der Waals surface area contributed by atoms with Crippen molar-refractivity contribution in [3.63, 3.8) is 0 Å². The molecule has 2 aromatic heterocycles. The molecule has 39 heavy (non-hydrogen) atoms. The first-order chi connectivity index (χ1) is 18.8. The summed E-state index contributed by atoms with van der Waals surface area (Å²) in [7, 11) is 0. The maximum Gasteiger partial charge on any atom is 0.337 e. The van der Waals surface area contributed by atoms with Crippen molar-refractivity contribution in [3.05, 3.63) is 90.9 Å². The van der Waals surface area contributed by atoms with Crippen LogP contribution in [-0.2, 0) is 4.79 Å². The lowest BCUT2D eigenvalue weighted by Crippen LogP contribution is -3.11. The number of hydrogen-bond acceptors (Lipinski definition) is 6. The van der Waals surface area contributed by atoms with Gasteiger partial charge in [0.15, 0.2) is 18.0 Å². The summed E-state index contributed by atoms with van der Waals surface area (Å²) < 4.78 is 31.0. The molecule has 13 heteroatoms. The van der Waals surface area contributed by atoms with Crippen molar-refractivity contribution in [1.29, 1.82) is 0 Å². The number of carbonyl (C=O) groups excluding carboxylic acids is 1. The van der Waals surface area contributed by atoms with E-state index in [1.165, 1.54) is 21.4 Å². The number of nitrogens with one attached hydrogen (secondary N) is 2. The predicted molar refractivity (Wildman–Crippen MR) is 147 cm³/mol. The largest absolute Gasteiger partial charge is 0.348 e. The average Bonchev–Trinajstić information content (AvgIpc) is 3.34. The third kappa shape index (κ3) is 4.80. The Balaban J connectivity index is 1.25. The van der Waals surface area contributed by atoms with E-state index in [0.717, 1.165) is 15.8 Å². The molecule has 1 fully saturated rings. The highest BCUT2D eigenvalue weighted by atomic mass is 127. The maximum atomic E-state index is 14.1. The number of fused-ring (bicyclic) bond motifs is 2. The SMILES string of the molecule is O=C(NC1CCC(n2c(=O)c3cc(F)cnc3n(-c3cccc(I)c3)c2=O)CC1)C1=C[NH+]2CN(F)C=CC2=N1. The number of amidine groups is 1. The summed E-state index contributed by atoms with van der Waals surface area (Å²) in [5.74, 6) is -0.441. The summed E-state index contributed by atoms with van der Waals surface area (Å²) in [6, 6.07) is 7.72. The summed E-state index contributed by atoms with van der Waals surface area (Å²) in [5, 5.41) is 3.52. The highest BCUT2D eigenvalue weighted by Crippen LogP contribution is 2.28. The van der Waals surface area contributed by atoms with Crippen molar-refractivity contribution in [2.75, 3.05) is 6.67 Å². The zero-order valence-electron chi connectivity index (χ0n) is 20.5. The summed E-state index contributed by atoms with van der Waals surface area (Å²) >= 11 is 2.13. The molecule has 200 valence electrons. The van der Waals surface area contributed by atoms with Crippen LogP contribution in [0, 0.1) is 9.39 Å². The Morgan fingerprint density at radius 1 is 1.15 bits per heavy atom. The van der Waals surface area contributed by atoms with E-state index in [9.17, 15) is 23.3 Å². The molecule has 0 spiro atoms. The monoisotopic (exact) mass is 646 g/mol. The minimum Gasteiger partial charge on any atom is -0.348 e. The molecule has 0 radical (unpaired) electrons. The number of aliphatic imine (C=N–C) groups is 1. The summed E-state index contributed by atoms with van der Waals surface area (Å²) in [5.41, 5.74) is -0.272. The highest BCUT2D eigenvalue weighted by molar-refractivity contribution is 14.1. The normalized spacial score (nSPS) is 22.4. The molecule has 2 aliphatic heterocycles. The fourth-order valence-electron chi connectivity index (χ4n) is 5.32. The Hall–Kier alpha value is -3.72. The molecule has 10 nitrogen and oxygen atoms in total. The zero-order valence-corrected chi connectivity index (χ0v) is 22.6. The smallest absolute Gasteiger partial charge is 0.337 e. The number of quaternary nitrogens is 1. The van der Waals surface area contributed by atoms with Gasteiger partial charge in [-0.25, -0.2) is 23.6 Å². The molecule has 1 atom stereocenters. The van der Waals surface area contributed by atoms with Crippen LogP contribution in [0.15, 0.2) is 75.3 Å². The Bertz CT molecular complexity index is 1710. The van der Waals surface area contributed by atoms with E-state index in [1.54, 1.807) is 24.4 Å². The van der Waals surface area contributed by atoms with Crippen molar-refractivity contribution < 1.29 is 18.6 Å². The van der Waals surface area contributed by atoms with E-state index in [2.05, 4.69) is 37.9 Å². The van der Waals surface area contributed by atoms with Gasteiger partial charge in [-0.3, -0.25) is 14.2 Å². The number of hydrogen-bond donors (Lipinski definition) is 2. The molecule has 4 heterocycles. The van der Waals surface area contributed by atoms with E-state index >= 15 is 0 Å². The quantitative estimate of drug-likeness (QED) is 0.332. The molecular formula is C26H23F2IN7O3+. The second-order valence-corrected chi connectivity index (χ2v) is 10.9. The number of halogens is 3. The second kappa shape index (κ2) is 10.1. The Labute approximate surface area is 234 Å². The Morgan fingerprint density at radius 3 is 2.72 bits per heavy atom. The first-order valence-electron chi connectivity index (χ1n) is 12.5. The molecule has 0 saturated heterocycles. The lowest BCUT2D eigenvalue weighted by Gasteiger charge is -2.30. The van der Waals surface area contributed by atoms with Gasteiger partial charge in [0, 0.05) is 27.9 Å². The number of pyridine rings is 1. The van der Waals surface area contributed by atoms with E-state index in [1.807, 2.05) is 6.07 Å². The molecule has 1 amide bonds. The third-order valence-corrected chi connectivity index (χ3v) is 7.86. The maximum absolute atomic E-state index is 14.1. The van der Waals surface area contributed by atoms with E-state index in [0.29, 0.717) is 47.2 Å². The summed E-state index contributed by atoms with van der Waals surface area (Å²) in [6.07, 6.45) is 7.35. The molecular weight excluding hydrogens is 623 g/mol. The molecule has 1 unspecified atom stereocenters. The minimum absolute atomic E-state index is 0.0241. The minimum atomic E-state index is -0.664. The zero-order chi connectivity index (χ0) is 27.3. The van der Waals surface area contributed by atoms with Gasteiger partial charge in [0.2, 0.25) is 5.84 Å². The van der Waals surface area contributed by atoms with Crippen molar-refractivity contribution in [2.45, 2.75) is 37.8 Å². The fraction of sp³-hybridized carbons (Fsp3) is 0.269. The van der Waals surface area contributed by atoms with Crippen molar-refractivity contribution in [2.24, 2.45) is 4.99 Å². The van der Waals surface area contributed by atoms with Crippen LogP contribution in [0.1, 0.15) is 31.7 Å². The number of nitrogens with zero attached hydrogens (tertiary/aromatic N) is 5. The standard InChI is InChI=1S/C26H22F2IN7O3/c27-15-10-20-23(30-12-15)35(19-3-1-2-16(29)11-19)26(39)36(25(20)38)18-6-4-17(5-7-18)31-24(37)21-13-33-14-34(28)9-8-22(33)32-21/h1-3,8-13,17-18H,4-7,14H2,(H,31,37)/p+1. The van der Waals surface area contributed by atoms with Crippen molar-refractivity contribution >= 4 is 45.4 Å². The van der Waals surface area contributed by atoms with Crippen LogP contribution >= 0.6 is 22.6 Å². The Kier molecular flexibility index (Phi) is 6.62. The van der Waals surface area contributed by atoms with Crippen LogP contribution in [0.4, 0.5) is 8.87 Å². The van der Waals surface area contributed by atoms with Crippen LogP contribution in [0.3, 0.4) is 0 Å². The van der Waals surface area contributed by atoms with Crippen LogP contribution in [-0.4, -0.2) is 43.7 Å². The van der Waals surface area contributed by atoms with Gasteiger partial charge < -0.3 is 5.32 Å². The summed E-state index contributed by atoms with van der Waals surface area (Å²) in [4.78, 5) is 49.0. The Morgan fingerprint density at radius 2 is 1.95 bits per heavy atom. The van der Waals surface area contributed by atoms with Gasteiger partial charge in [-0.15, -0.1) is 0 Å². The first-order valence-corrected chi connectivity index (χ1v) is 13.5. The van der Waals surface area contributed by atoms with Gasteiger partial charge in [0.05, 0.1) is 17.3 Å². The molecule has 1 saturated carbocycles. The molecule has 3 aliphatic rings. The molecule has 2 N–H and O–H groups in total. The lowest BCUT2D eigenvalue weighted by molar-refractivity contribution is -0.763. The number of aromatic nitrogens is 3. The van der Waals surface area contributed by atoms with Crippen molar-refractivity contribution in [3.8, 4) is 5.69 Å². The first kappa shape index (κ1) is 25.6. The number of rotatable bonds is 4. The van der Waals surface area contributed by atoms with Crippen LogP contribution in [0.25, 0.3) is 16.7 Å². The predicted octanol–water partition coefficient (Wildman–Crippen LogP) is 1.70. The molecule has 1 aromatic carbocycles. The molecule has 1 aliphatic carbocycles. The second-order valence-electron chi connectivity index (χ2n) is 9.70. The van der Waals surface area contributed by atoms with Crippen LogP contribution < -0.4 is 21.5 Å². The number of amides is 1. The molecule has 0 bridgehead atoms. The highest BCUT2D eigenvalue weighted by Gasteiger charge is 2.32. The van der Waals surface area contributed by atoms with Crippen molar-refractivity contribution in [1.82, 2.24) is 24.6 Å². The third-order valence-electron chi connectivity index (χ3n) is 7.18. The number of carbonyl (C=O) groups is 1. The van der Waals surface area contributed by atoms with E-state index in [4.69, 9.17) is 0 Å². The van der Waals surface area contributed by atoms with Crippen LogP contribution in [0.2, 0.25) is 0 Å². The summed E-state index contributed by atoms with van der Waals surface area (Å²) in [6.45, 7) is 0.0385. The van der Waals surface area contributed by atoms with E-state index < -0.39 is 23.1 Å². The molecule has 6 rings (SSSR count).